The van der Waals surface area contributed by atoms with Gasteiger partial charge < -0.3 is 20.1 Å². The van der Waals surface area contributed by atoms with E-state index in [0.29, 0.717) is 36.3 Å². The predicted molar refractivity (Wildman–Crippen MR) is 153 cm³/mol. The molecule has 0 radical (unpaired) electrons. The number of anilines is 2. The fourth-order valence-corrected chi connectivity index (χ4v) is 4.30. The number of aliphatic hydroxyl groups excluding tert-OH is 1. The van der Waals surface area contributed by atoms with Gasteiger partial charge in [-0.25, -0.2) is 4.79 Å². The highest BCUT2D eigenvalue weighted by Gasteiger charge is 2.37. The number of nitrogens with zero attached hydrogens (tertiary/aromatic N) is 1. The summed E-state index contributed by atoms with van der Waals surface area (Å²) in [5.41, 5.74) is 2.67. The molecule has 0 saturated carbocycles. The number of nitrogens with one attached hydrogen (secondary N) is 2. The van der Waals surface area contributed by atoms with E-state index in [-0.39, 0.29) is 5.91 Å². The molecule has 0 bridgehead atoms. The van der Waals surface area contributed by atoms with E-state index in [2.05, 4.69) is 22.5 Å². The molecule has 0 aliphatic carbocycles. The van der Waals surface area contributed by atoms with Crippen molar-refractivity contribution in [2.75, 3.05) is 17.2 Å². The van der Waals surface area contributed by atoms with Crippen molar-refractivity contribution in [3.8, 4) is 11.8 Å². The Morgan fingerprint density at radius 3 is 1.98 bits per heavy atom. The molecule has 8 nitrogen and oxygen atoms in total. The molecule has 3 aromatic carbocycles. The summed E-state index contributed by atoms with van der Waals surface area (Å²) in [6.45, 7) is 5.83. The van der Waals surface area contributed by atoms with Gasteiger partial charge in [0.15, 0.2) is 6.10 Å². The largest absolute Gasteiger partial charge is 0.444 e. The van der Waals surface area contributed by atoms with Crippen molar-refractivity contribution < 1.29 is 24.2 Å². The van der Waals surface area contributed by atoms with Gasteiger partial charge in [0, 0.05) is 29.0 Å². The van der Waals surface area contributed by atoms with E-state index in [1.54, 1.807) is 93.6 Å². The number of likely N-dealkylation sites (tertiary alicyclic amines) is 1. The second-order valence-electron chi connectivity index (χ2n) is 10.5. The van der Waals surface area contributed by atoms with Gasteiger partial charge in [0.2, 0.25) is 5.91 Å². The second kappa shape index (κ2) is 12.5. The average Bonchev–Trinajstić information content (AvgIpc) is 3.42. The van der Waals surface area contributed by atoms with E-state index in [4.69, 9.17) is 4.74 Å². The Balaban J connectivity index is 1.32. The van der Waals surface area contributed by atoms with Crippen LogP contribution in [0.5, 0.6) is 0 Å². The Morgan fingerprint density at radius 1 is 0.875 bits per heavy atom. The zero-order valence-electron chi connectivity index (χ0n) is 22.8. The van der Waals surface area contributed by atoms with Crippen LogP contribution in [0.2, 0.25) is 0 Å². The molecule has 1 aliphatic rings. The van der Waals surface area contributed by atoms with Gasteiger partial charge in [-0.3, -0.25) is 14.9 Å². The van der Waals surface area contributed by atoms with E-state index in [0.717, 1.165) is 11.1 Å². The van der Waals surface area contributed by atoms with Gasteiger partial charge in [0.05, 0.1) is 0 Å². The van der Waals surface area contributed by atoms with Crippen LogP contribution in [0.3, 0.4) is 0 Å². The van der Waals surface area contributed by atoms with Gasteiger partial charge in [-0.15, -0.1) is 0 Å². The minimum Gasteiger partial charge on any atom is -0.444 e. The van der Waals surface area contributed by atoms with Gasteiger partial charge in [-0.05, 0) is 87.7 Å². The maximum atomic E-state index is 13.0. The zero-order chi connectivity index (χ0) is 28.7. The summed E-state index contributed by atoms with van der Waals surface area (Å²) in [5.74, 6) is 5.40. The zero-order valence-corrected chi connectivity index (χ0v) is 22.8. The molecule has 2 atom stereocenters. The number of amides is 3. The number of carbonyl (C=O) groups excluding carboxylic acids is 3. The first-order valence-electron chi connectivity index (χ1n) is 13.2. The molecule has 206 valence electrons. The van der Waals surface area contributed by atoms with Crippen LogP contribution in [0, 0.1) is 11.8 Å². The number of hydrogen-bond acceptors (Lipinski definition) is 5. The number of carbonyl (C=O) groups is 3. The molecule has 1 saturated heterocycles. The molecular formula is C32H33N3O5. The number of hydrogen-bond donors (Lipinski definition) is 3. The van der Waals surface area contributed by atoms with Crippen molar-refractivity contribution >= 4 is 29.3 Å². The highest BCUT2D eigenvalue weighted by molar-refractivity contribution is 5.98. The predicted octanol–water partition coefficient (Wildman–Crippen LogP) is 5.10. The van der Waals surface area contributed by atoms with Gasteiger partial charge in [-0.2, -0.15) is 0 Å². The van der Waals surface area contributed by atoms with E-state index < -0.39 is 29.7 Å². The van der Waals surface area contributed by atoms with Crippen LogP contribution in [0.25, 0.3) is 0 Å². The fourth-order valence-electron chi connectivity index (χ4n) is 4.30. The lowest BCUT2D eigenvalue weighted by atomic mass is 10.1. The summed E-state index contributed by atoms with van der Waals surface area (Å²) in [5, 5.41) is 16.1. The third kappa shape index (κ3) is 7.71. The monoisotopic (exact) mass is 539 g/mol. The molecule has 0 aromatic heterocycles. The van der Waals surface area contributed by atoms with Crippen LogP contribution in [0.15, 0.2) is 78.9 Å². The van der Waals surface area contributed by atoms with Crippen molar-refractivity contribution in [3.63, 3.8) is 0 Å². The lowest BCUT2D eigenvalue weighted by molar-refractivity contribution is -0.144. The Hall–Kier alpha value is -4.61. The summed E-state index contributed by atoms with van der Waals surface area (Å²) >= 11 is 0. The van der Waals surface area contributed by atoms with Crippen molar-refractivity contribution in [3.05, 3.63) is 95.6 Å². The Kier molecular flexibility index (Phi) is 8.87. The Labute approximate surface area is 234 Å². The smallest absolute Gasteiger partial charge is 0.412 e. The summed E-state index contributed by atoms with van der Waals surface area (Å²) in [4.78, 5) is 39.3. The highest BCUT2D eigenvalue weighted by atomic mass is 16.6. The standard InChI is InChI=1S/C32H33N3O5/c1-32(2,3)40-31(39)34-26-19-15-23(16-20-26)12-11-22-13-17-25(18-14-22)33-29(37)27-10-7-21-35(27)30(38)28(36)24-8-5-4-6-9-24/h4-6,8-9,13-20,27-28,36H,7,10,21H2,1-3H3,(H,33,37)(H,34,39)/t27-,28+/m0/s1. The van der Waals surface area contributed by atoms with Crippen LogP contribution >= 0.6 is 0 Å². The van der Waals surface area contributed by atoms with E-state index in [1.165, 1.54) is 4.90 Å². The van der Waals surface area contributed by atoms with Crippen molar-refractivity contribution in [2.24, 2.45) is 0 Å². The number of aliphatic hydroxyl groups is 1. The van der Waals surface area contributed by atoms with Crippen molar-refractivity contribution in [1.29, 1.82) is 0 Å². The summed E-state index contributed by atoms with van der Waals surface area (Å²) in [6, 6.07) is 22.3. The minimum atomic E-state index is -1.30. The molecule has 3 N–H and O–H groups in total. The first kappa shape index (κ1) is 28.4. The van der Waals surface area contributed by atoms with Crippen LogP contribution in [-0.2, 0) is 14.3 Å². The molecule has 4 rings (SSSR count). The van der Waals surface area contributed by atoms with E-state index in [1.807, 2.05) is 6.07 Å². The topological polar surface area (TPSA) is 108 Å². The van der Waals surface area contributed by atoms with Crippen LogP contribution < -0.4 is 10.6 Å². The molecule has 40 heavy (non-hydrogen) atoms. The molecule has 8 heteroatoms. The second-order valence-corrected chi connectivity index (χ2v) is 10.5. The lowest BCUT2D eigenvalue weighted by Gasteiger charge is -2.26. The third-order valence-electron chi connectivity index (χ3n) is 6.22. The Morgan fingerprint density at radius 2 is 1.43 bits per heavy atom. The molecule has 1 heterocycles. The SMILES string of the molecule is CC(C)(C)OC(=O)Nc1ccc(C#Cc2ccc(NC(=O)[C@@H]3CCCN3C(=O)[C@H](O)c3ccccc3)cc2)cc1. The highest BCUT2D eigenvalue weighted by Crippen LogP contribution is 2.25. The van der Waals surface area contributed by atoms with Gasteiger partial charge in [-0.1, -0.05) is 42.2 Å². The third-order valence-corrected chi connectivity index (χ3v) is 6.22. The fraction of sp³-hybridized carbons (Fsp3) is 0.281. The van der Waals surface area contributed by atoms with E-state index >= 15 is 0 Å². The average molecular weight is 540 g/mol. The van der Waals surface area contributed by atoms with Crippen molar-refractivity contribution in [1.82, 2.24) is 4.90 Å². The molecular weight excluding hydrogens is 506 g/mol. The van der Waals surface area contributed by atoms with Crippen LogP contribution in [0.1, 0.15) is 56.4 Å². The first-order valence-corrected chi connectivity index (χ1v) is 13.2. The maximum Gasteiger partial charge on any atom is 0.412 e. The van der Waals surface area contributed by atoms with Crippen LogP contribution in [-0.4, -0.2) is 46.1 Å². The number of ether oxygens (including phenoxy) is 1. The molecule has 0 spiro atoms. The quantitative estimate of drug-likeness (QED) is 0.391. The van der Waals surface area contributed by atoms with E-state index in [9.17, 15) is 19.5 Å². The Bertz CT molecular complexity index is 1400. The summed E-state index contributed by atoms with van der Waals surface area (Å²) in [7, 11) is 0. The molecule has 1 fully saturated rings. The lowest BCUT2D eigenvalue weighted by Crippen LogP contribution is -2.45. The minimum absolute atomic E-state index is 0.287. The van der Waals surface area contributed by atoms with Gasteiger partial charge >= 0.3 is 6.09 Å². The molecule has 1 aliphatic heterocycles. The maximum absolute atomic E-state index is 13.0. The number of benzene rings is 3. The molecule has 0 unspecified atom stereocenters. The normalized spacial score (nSPS) is 15.4. The van der Waals surface area contributed by atoms with Crippen molar-refractivity contribution in [2.45, 2.75) is 51.4 Å². The first-order chi connectivity index (χ1) is 19.1. The number of rotatable bonds is 5. The van der Waals surface area contributed by atoms with Gasteiger partial charge in [0.1, 0.15) is 11.6 Å². The molecule has 3 aromatic rings. The van der Waals surface area contributed by atoms with Gasteiger partial charge in [0.25, 0.3) is 5.91 Å². The summed E-state index contributed by atoms with van der Waals surface area (Å²) < 4.78 is 5.25. The molecule has 3 amide bonds. The van der Waals surface area contributed by atoms with Crippen LogP contribution in [0.4, 0.5) is 16.2 Å². The summed E-state index contributed by atoms with van der Waals surface area (Å²) in [6.07, 6.45) is -0.590.